The van der Waals surface area contributed by atoms with E-state index in [9.17, 15) is 32.3 Å². The Morgan fingerprint density at radius 1 is 1.04 bits per heavy atom. The lowest BCUT2D eigenvalue weighted by Gasteiger charge is -2.35. The average Bonchev–Trinajstić information content (AvgIpc) is 3.42. The minimum atomic E-state index is -4.60. The van der Waals surface area contributed by atoms with Gasteiger partial charge >= 0.3 is 18.1 Å². The van der Waals surface area contributed by atoms with Gasteiger partial charge in [0.1, 0.15) is 10.7 Å². The number of aromatic nitrogens is 2. The summed E-state index contributed by atoms with van der Waals surface area (Å²) in [6.45, 7) is 8.79. The van der Waals surface area contributed by atoms with Gasteiger partial charge in [-0.05, 0) is 24.7 Å². The predicted molar refractivity (Wildman–Crippen MR) is 167 cm³/mol. The number of methoxy groups -OCH3 is 1. The quantitative estimate of drug-likeness (QED) is 0.211. The number of esters is 2. The van der Waals surface area contributed by atoms with E-state index in [1.165, 1.54) is 19.4 Å². The highest BCUT2D eigenvalue weighted by Crippen LogP contribution is 2.37. The second-order valence-corrected chi connectivity index (χ2v) is 14.2. The lowest BCUT2D eigenvalue weighted by Crippen LogP contribution is -2.44. The van der Waals surface area contributed by atoms with Gasteiger partial charge in [0.15, 0.2) is 11.8 Å². The van der Waals surface area contributed by atoms with Gasteiger partial charge in [0, 0.05) is 55.6 Å². The van der Waals surface area contributed by atoms with Crippen molar-refractivity contribution in [1.29, 1.82) is 0 Å². The van der Waals surface area contributed by atoms with Crippen molar-refractivity contribution in [2.45, 2.75) is 97.5 Å². The Morgan fingerprint density at radius 2 is 1.72 bits per heavy atom. The SMILES string of the molecule is COC(=O)[C@@H](C)C[C@@H](Cc1nc(C(F)(F)F)cs1)NC(=O)c1csc([C@H](C[C@H](C(C)C)N(C)C(=O)C(C)CC2CC2)OC(C)=O)n1. The molecule has 0 radical (unpaired) electrons. The number of thiazole rings is 2. The van der Waals surface area contributed by atoms with Crippen LogP contribution in [0.25, 0.3) is 0 Å². The molecule has 2 aromatic rings. The van der Waals surface area contributed by atoms with Crippen molar-refractivity contribution in [2.24, 2.45) is 23.7 Å². The molecule has 0 aliphatic heterocycles. The lowest BCUT2D eigenvalue weighted by atomic mass is 9.94. The molecule has 256 valence electrons. The number of rotatable bonds is 16. The minimum absolute atomic E-state index is 0.0200. The van der Waals surface area contributed by atoms with Crippen LogP contribution in [0.1, 0.15) is 99.0 Å². The summed E-state index contributed by atoms with van der Waals surface area (Å²) in [6.07, 6.45) is -1.97. The molecule has 2 aromatic heterocycles. The molecule has 1 unspecified atom stereocenters. The monoisotopic (exact) mass is 688 g/mol. The van der Waals surface area contributed by atoms with E-state index in [0.29, 0.717) is 10.9 Å². The third kappa shape index (κ3) is 10.7. The molecule has 10 nitrogen and oxygen atoms in total. The topological polar surface area (TPSA) is 128 Å². The molecule has 1 saturated carbocycles. The zero-order chi connectivity index (χ0) is 34.3. The van der Waals surface area contributed by atoms with Crippen LogP contribution in [-0.2, 0) is 36.5 Å². The second kappa shape index (κ2) is 16.2. The molecule has 3 rings (SSSR count). The highest BCUT2D eigenvalue weighted by atomic mass is 32.1. The first-order valence-corrected chi connectivity index (χ1v) is 17.1. The molecular weight excluding hydrogens is 645 g/mol. The standard InChI is InChI=1S/C31H43F3N4O6S2/c1-16(2)23(38(6)29(41)17(3)10-20-8-9-20)13-24(44-19(5)39)28-36-22(14-46-28)27(40)35-21(11-18(4)30(42)43-7)12-26-37-25(15-45-26)31(32,33)34/h14-18,20-21,23-24H,8-13H2,1-7H3,(H,35,40)/t17?,18-,21-,23+,24-/m0/s1. The molecule has 2 amide bonds. The maximum Gasteiger partial charge on any atom is 0.434 e. The molecule has 0 aromatic carbocycles. The number of nitrogens with zero attached hydrogens (tertiary/aromatic N) is 3. The van der Waals surface area contributed by atoms with Crippen molar-refractivity contribution < 1.29 is 41.8 Å². The number of ether oxygens (including phenoxy) is 2. The third-order valence-electron chi connectivity index (χ3n) is 8.05. The van der Waals surface area contributed by atoms with Crippen molar-refractivity contribution >= 4 is 46.4 Å². The van der Waals surface area contributed by atoms with Crippen LogP contribution in [0.3, 0.4) is 0 Å². The summed E-state index contributed by atoms with van der Waals surface area (Å²) in [4.78, 5) is 60.7. The summed E-state index contributed by atoms with van der Waals surface area (Å²) in [7, 11) is 2.99. The number of carbonyl (C=O) groups excluding carboxylic acids is 4. The third-order valence-corrected chi connectivity index (χ3v) is 9.86. The summed E-state index contributed by atoms with van der Waals surface area (Å²) in [5, 5.41) is 5.70. The van der Waals surface area contributed by atoms with Gasteiger partial charge in [-0.3, -0.25) is 19.2 Å². The van der Waals surface area contributed by atoms with Gasteiger partial charge in [0.05, 0.1) is 18.0 Å². The molecule has 0 spiro atoms. The fourth-order valence-corrected chi connectivity index (χ4v) is 7.15. The van der Waals surface area contributed by atoms with Crippen molar-refractivity contribution in [3.63, 3.8) is 0 Å². The van der Waals surface area contributed by atoms with Gasteiger partial charge in [-0.1, -0.05) is 40.5 Å². The van der Waals surface area contributed by atoms with E-state index in [4.69, 9.17) is 9.47 Å². The molecule has 0 saturated heterocycles. The molecule has 1 N–H and O–H groups in total. The summed E-state index contributed by atoms with van der Waals surface area (Å²) in [5.74, 6) is -1.80. The average molecular weight is 689 g/mol. The van der Waals surface area contributed by atoms with Crippen LogP contribution in [-0.4, -0.2) is 64.9 Å². The lowest BCUT2D eigenvalue weighted by molar-refractivity contribution is -0.149. The first kappa shape index (κ1) is 37.4. The largest absolute Gasteiger partial charge is 0.469 e. The van der Waals surface area contributed by atoms with E-state index in [0.717, 1.165) is 47.3 Å². The van der Waals surface area contributed by atoms with E-state index >= 15 is 0 Å². The minimum Gasteiger partial charge on any atom is -0.469 e. The Bertz CT molecular complexity index is 1360. The van der Waals surface area contributed by atoms with E-state index < -0.39 is 47.8 Å². The molecule has 46 heavy (non-hydrogen) atoms. The number of carbonyl (C=O) groups is 4. The summed E-state index contributed by atoms with van der Waals surface area (Å²) in [6, 6.07) is -1.03. The second-order valence-electron chi connectivity index (χ2n) is 12.4. The Morgan fingerprint density at radius 3 is 2.26 bits per heavy atom. The molecule has 0 bridgehead atoms. The predicted octanol–water partition coefficient (Wildman–Crippen LogP) is 6.07. The highest BCUT2D eigenvalue weighted by molar-refractivity contribution is 7.10. The number of hydrogen-bond acceptors (Lipinski definition) is 10. The molecular formula is C31H43F3N4O6S2. The molecule has 2 heterocycles. The van der Waals surface area contributed by atoms with Crippen molar-refractivity contribution in [3.05, 3.63) is 32.2 Å². The van der Waals surface area contributed by atoms with Crippen LogP contribution >= 0.6 is 22.7 Å². The summed E-state index contributed by atoms with van der Waals surface area (Å²) < 4.78 is 49.8. The van der Waals surface area contributed by atoms with Gasteiger partial charge in [-0.25, -0.2) is 9.97 Å². The highest BCUT2D eigenvalue weighted by Gasteiger charge is 2.36. The van der Waals surface area contributed by atoms with Gasteiger partial charge in [0.25, 0.3) is 5.91 Å². The Labute approximate surface area is 275 Å². The number of alkyl halides is 3. The number of nitrogens with one attached hydrogen (secondary N) is 1. The van der Waals surface area contributed by atoms with E-state index in [2.05, 4.69) is 15.3 Å². The Kier molecular flexibility index (Phi) is 13.1. The van der Waals surface area contributed by atoms with Gasteiger partial charge in [-0.2, -0.15) is 13.2 Å². The van der Waals surface area contributed by atoms with Crippen molar-refractivity contribution in [1.82, 2.24) is 20.2 Å². The fraction of sp³-hybridized carbons (Fsp3) is 0.677. The van der Waals surface area contributed by atoms with E-state index in [1.807, 2.05) is 20.8 Å². The van der Waals surface area contributed by atoms with E-state index in [-0.39, 0.29) is 53.7 Å². The van der Waals surface area contributed by atoms with Crippen LogP contribution in [0.2, 0.25) is 0 Å². The van der Waals surface area contributed by atoms with Gasteiger partial charge in [0.2, 0.25) is 5.91 Å². The maximum absolute atomic E-state index is 13.3. The number of halogens is 3. The van der Waals surface area contributed by atoms with Gasteiger partial charge < -0.3 is 19.7 Å². The number of amides is 2. The first-order chi connectivity index (χ1) is 21.5. The molecule has 15 heteroatoms. The van der Waals surface area contributed by atoms with Crippen LogP contribution in [0.4, 0.5) is 13.2 Å². The van der Waals surface area contributed by atoms with Crippen LogP contribution in [0, 0.1) is 23.7 Å². The van der Waals surface area contributed by atoms with E-state index in [1.54, 1.807) is 18.9 Å². The molecule has 1 aliphatic carbocycles. The Hall–Kier alpha value is -3.07. The van der Waals surface area contributed by atoms with Crippen LogP contribution in [0.5, 0.6) is 0 Å². The number of hydrogen-bond donors (Lipinski definition) is 1. The smallest absolute Gasteiger partial charge is 0.434 e. The van der Waals surface area contributed by atoms with Crippen molar-refractivity contribution in [3.8, 4) is 0 Å². The van der Waals surface area contributed by atoms with Crippen molar-refractivity contribution in [2.75, 3.05) is 14.2 Å². The zero-order valence-corrected chi connectivity index (χ0v) is 28.8. The summed E-state index contributed by atoms with van der Waals surface area (Å²) in [5.41, 5.74) is -1.00. The maximum atomic E-state index is 13.3. The van der Waals surface area contributed by atoms with Crippen LogP contribution < -0.4 is 5.32 Å². The molecule has 5 atom stereocenters. The molecule has 1 aliphatic rings. The van der Waals surface area contributed by atoms with Crippen LogP contribution in [0.15, 0.2) is 10.8 Å². The normalized spacial score (nSPS) is 16.7. The molecule has 1 fully saturated rings. The first-order valence-electron chi connectivity index (χ1n) is 15.3. The fourth-order valence-electron chi connectivity index (χ4n) is 5.42. The Balaban J connectivity index is 1.78. The zero-order valence-electron chi connectivity index (χ0n) is 27.2. The summed E-state index contributed by atoms with van der Waals surface area (Å²) >= 11 is 1.94. The van der Waals surface area contributed by atoms with Gasteiger partial charge in [-0.15, -0.1) is 22.7 Å².